The second-order valence-corrected chi connectivity index (χ2v) is 6.22. The fourth-order valence-corrected chi connectivity index (χ4v) is 3.04. The van der Waals surface area contributed by atoms with Crippen LogP contribution >= 0.6 is 11.8 Å². The Labute approximate surface area is 137 Å². The van der Waals surface area contributed by atoms with Gasteiger partial charge in [-0.25, -0.2) is 0 Å². The summed E-state index contributed by atoms with van der Waals surface area (Å²) in [7, 11) is 1.89. The summed E-state index contributed by atoms with van der Waals surface area (Å²) in [5.41, 5.74) is 2.17. The first-order valence-electron chi connectivity index (χ1n) is 7.65. The smallest absolute Gasteiger partial charge is 0.254 e. The topological polar surface area (TPSA) is 20.3 Å². The SMILES string of the molecule is CSc1ccccc1C(=O)N(C)CCCCc1ccccc1. The van der Waals surface area contributed by atoms with E-state index in [4.69, 9.17) is 0 Å². The molecule has 2 nitrogen and oxygen atoms in total. The lowest BCUT2D eigenvalue weighted by molar-refractivity contribution is 0.0789. The van der Waals surface area contributed by atoms with E-state index in [1.165, 1.54) is 5.56 Å². The molecule has 0 saturated heterocycles. The minimum atomic E-state index is 0.115. The normalized spacial score (nSPS) is 10.5. The van der Waals surface area contributed by atoms with Crippen LogP contribution in [-0.4, -0.2) is 30.7 Å². The second kappa shape index (κ2) is 8.64. The minimum absolute atomic E-state index is 0.115. The zero-order valence-electron chi connectivity index (χ0n) is 13.3. The summed E-state index contributed by atoms with van der Waals surface area (Å²) in [5.74, 6) is 0.115. The molecule has 116 valence electrons. The molecule has 0 aliphatic carbocycles. The lowest BCUT2D eigenvalue weighted by atomic mass is 10.1. The number of carbonyl (C=O) groups is 1. The van der Waals surface area contributed by atoms with Gasteiger partial charge in [0.05, 0.1) is 5.56 Å². The molecule has 0 radical (unpaired) electrons. The number of thioether (sulfide) groups is 1. The maximum Gasteiger partial charge on any atom is 0.254 e. The molecule has 0 atom stereocenters. The molecule has 22 heavy (non-hydrogen) atoms. The van der Waals surface area contributed by atoms with Crippen LogP contribution in [0, 0.1) is 0 Å². The van der Waals surface area contributed by atoms with Crippen LogP contribution in [-0.2, 0) is 6.42 Å². The molecule has 3 heteroatoms. The predicted octanol–water partition coefficient (Wildman–Crippen LogP) is 4.50. The van der Waals surface area contributed by atoms with Gasteiger partial charge in [0.15, 0.2) is 0 Å². The molecular formula is C19H23NOS. The van der Waals surface area contributed by atoms with Crippen molar-refractivity contribution in [3.63, 3.8) is 0 Å². The van der Waals surface area contributed by atoms with Gasteiger partial charge in [0.25, 0.3) is 5.91 Å². The van der Waals surface area contributed by atoms with E-state index >= 15 is 0 Å². The largest absolute Gasteiger partial charge is 0.342 e. The van der Waals surface area contributed by atoms with Crippen molar-refractivity contribution in [1.29, 1.82) is 0 Å². The van der Waals surface area contributed by atoms with Gasteiger partial charge in [0.1, 0.15) is 0 Å². The quantitative estimate of drug-likeness (QED) is 0.554. The Morgan fingerprint density at radius 3 is 2.41 bits per heavy atom. The number of hydrogen-bond donors (Lipinski definition) is 0. The maximum absolute atomic E-state index is 12.5. The number of amides is 1. The Balaban J connectivity index is 1.81. The number of nitrogens with zero attached hydrogens (tertiary/aromatic N) is 1. The van der Waals surface area contributed by atoms with E-state index in [-0.39, 0.29) is 5.91 Å². The van der Waals surface area contributed by atoms with Crippen molar-refractivity contribution < 1.29 is 4.79 Å². The molecule has 0 aliphatic rings. The summed E-state index contributed by atoms with van der Waals surface area (Å²) in [6.07, 6.45) is 5.21. The van der Waals surface area contributed by atoms with Gasteiger partial charge in [-0.05, 0) is 43.2 Å². The van der Waals surface area contributed by atoms with Crippen LogP contribution < -0.4 is 0 Å². The summed E-state index contributed by atoms with van der Waals surface area (Å²) in [6, 6.07) is 18.3. The summed E-state index contributed by atoms with van der Waals surface area (Å²) in [5, 5.41) is 0. The number of aryl methyl sites for hydroxylation is 1. The third-order valence-electron chi connectivity index (χ3n) is 3.74. The molecule has 0 bridgehead atoms. The van der Waals surface area contributed by atoms with Crippen molar-refractivity contribution >= 4 is 17.7 Å². The average molecular weight is 313 g/mol. The van der Waals surface area contributed by atoms with E-state index in [9.17, 15) is 4.79 Å². The molecule has 0 unspecified atom stereocenters. The van der Waals surface area contributed by atoms with Gasteiger partial charge in [-0.3, -0.25) is 4.79 Å². The first-order valence-corrected chi connectivity index (χ1v) is 8.87. The standard InChI is InChI=1S/C19H23NOS/c1-20(15-9-8-12-16-10-4-3-5-11-16)19(21)17-13-6-7-14-18(17)22-2/h3-7,10-11,13-14H,8-9,12,15H2,1-2H3. The Morgan fingerprint density at radius 1 is 1.00 bits per heavy atom. The van der Waals surface area contributed by atoms with Gasteiger partial charge in [-0.2, -0.15) is 0 Å². The van der Waals surface area contributed by atoms with Gasteiger partial charge in [0, 0.05) is 18.5 Å². The molecule has 0 fully saturated rings. The Morgan fingerprint density at radius 2 is 1.68 bits per heavy atom. The lowest BCUT2D eigenvalue weighted by Crippen LogP contribution is -2.28. The van der Waals surface area contributed by atoms with Crippen LogP contribution in [0.4, 0.5) is 0 Å². The summed E-state index contributed by atoms with van der Waals surface area (Å²) in [4.78, 5) is 15.4. The van der Waals surface area contributed by atoms with E-state index in [1.807, 2.05) is 48.5 Å². The molecule has 0 spiro atoms. The van der Waals surface area contributed by atoms with E-state index in [1.54, 1.807) is 11.8 Å². The average Bonchev–Trinajstić information content (AvgIpc) is 2.58. The zero-order valence-corrected chi connectivity index (χ0v) is 14.1. The van der Waals surface area contributed by atoms with Crippen LogP contribution in [0.15, 0.2) is 59.5 Å². The molecule has 2 aromatic carbocycles. The highest BCUT2D eigenvalue weighted by atomic mass is 32.2. The Hall–Kier alpha value is -1.74. The van der Waals surface area contributed by atoms with Gasteiger partial charge < -0.3 is 4.90 Å². The molecule has 0 N–H and O–H groups in total. The van der Waals surface area contributed by atoms with E-state index in [0.29, 0.717) is 0 Å². The first-order chi connectivity index (χ1) is 10.7. The van der Waals surface area contributed by atoms with Crippen molar-refractivity contribution in [2.24, 2.45) is 0 Å². The number of hydrogen-bond acceptors (Lipinski definition) is 2. The molecule has 2 aromatic rings. The molecule has 0 heterocycles. The molecule has 0 aliphatic heterocycles. The number of rotatable bonds is 7. The first kappa shape index (κ1) is 16.6. The summed E-state index contributed by atoms with van der Waals surface area (Å²) >= 11 is 1.62. The van der Waals surface area contributed by atoms with Gasteiger partial charge in [-0.15, -0.1) is 11.8 Å². The van der Waals surface area contributed by atoms with Crippen molar-refractivity contribution in [1.82, 2.24) is 4.90 Å². The van der Waals surface area contributed by atoms with Gasteiger partial charge >= 0.3 is 0 Å². The third-order valence-corrected chi connectivity index (χ3v) is 4.53. The van der Waals surface area contributed by atoms with Gasteiger partial charge in [-0.1, -0.05) is 42.5 Å². The van der Waals surface area contributed by atoms with Crippen molar-refractivity contribution in [3.05, 3.63) is 65.7 Å². The monoisotopic (exact) mass is 313 g/mol. The van der Waals surface area contributed by atoms with Crippen molar-refractivity contribution in [3.8, 4) is 0 Å². The summed E-state index contributed by atoms with van der Waals surface area (Å²) < 4.78 is 0. The van der Waals surface area contributed by atoms with Crippen LogP contribution in [0.1, 0.15) is 28.8 Å². The van der Waals surface area contributed by atoms with Crippen LogP contribution in [0.25, 0.3) is 0 Å². The Kier molecular flexibility index (Phi) is 6.53. The summed E-state index contributed by atoms with van der Waals surface area (Å²) in [6.45, 7) is 0.800. The molecule has 1 amide bonds. The number of benzene rings is 2. The predicted molar refractivity (Wildman–Crippen MR) is 94.6 cm³/mol. The lowest BCUT2D eigenvalue weighted by Gasteiger charge is -2.18. The van der Waals surface area contributed by atoms with Crippen molar-refractivity contribution in [2.45, 2.75) is 24.2 Å². The van der Waals surface area contributed by atoms with E-state index < -0.39 is 0 Å². The van der Waals surface area contributed by atoms with Crippen LogP contribution in [0.3, 0.4) is 0 Å². The molecule has 2 rings (SSSR count). The second-order valence-electron chi connectivity index (χ2n) is 5.37. The maximum atomic E-state index is 12.5. The van der Waals surface area contributed by atoms with Crippen molar-refractivity contribution in [2.75, 3.05) is 19.8 Å². The van der Waals surface area contributed by atoms with Crippen LogP contribution in [0.2, 0.25) is 0 Å². The zero-order chi connectivity index (χ0) is 15.8. The Bertz CT molecular complexity index is 597. The molecule has 0 aromatic heterocycles. The van der Waals surface area contributed by atoms with E-state index in [0.717, 1.165) is 36.3 Å². The number of unbranched alkanes of at least 4 members (excludes halogenated alkanes) is 1. The minimum Gasteiger partial charge on any atom is -0.342 e. The van der Waals surface area contributed by atoms with Gasteiger partial charge in [0.2, 0.25) is 0 Å². The van der Waals surface area contributed by atoms with E-state index in [2.05, 4.69) is 24.3 Å². The highest BCUT2D eigenvalue weighted by molar-refractivity contribution is 7.98. The number of carbonyl (C=O) groups excluding carboxylic acids is 1. The molecule has 0 saturated carbocycles. The fraction of sp³-hybridized carbons (Fsp3) is 0.316. The van der Waals surface area contributed by atoms with Crippen LogP contribution in [0.5, 0.6) is 0 Å². The third kappa shape index (κ3) is 4.63. The fourth-order valence-electron chi connectivity index (χ4n) is 2.45. The molecular weight excluding hydrogens is 290 g/mol. The highest BCUT2D eigenvalue weighted by Gasteiger charge is 2.14. The highest BCUT2D eigenvalue weighted by Crippen LogP contribution is 2.21.